The first-order valence-electron chi connectivity index (χ1n) is 6.54. The smallest absolute Gasteiger partial charge is 0.0162 e. The highest BCUT2D eigenvalue weighted by Gasteiger charge is 2.09. The highest BCUT2D eigenvalue weighted by atomic mass is 14.1. The fourth-order valence-corrected chi connectivity index (χ4v) is 2.16. The lowest BCUT2D eigenvalue weighted by atomic mass is 9.89. The molecule has 0 amide bonds. The quantitative estimate of drug-likeness (QED) is 0.407. The summed E-state index contributed by atoms with van der Waals surface area (Å²) >= 11 is 0. The van der Waals surface area contributed by atoms with Crippen LogP contribution in [0.4, 0.5) is 0 Å². The molecule has 0 heteroatoms. The molecule has 0 heterocycles. The molecule has 1 aromatic carbocycles. The van der Waals surface area contributed by atoms with E-state index < -0.39 is 0 Å². The summed E-state index contributed by atoms with van der Waals surface area (Å²) in [6.07, 6.45) is 9.72. The third-order valence-corrected chi connectivity index (χ3v) is 3.14. The molecule has 0 nitrogen and oxygen atoms in total. The maximum Gasteiger partial charge on any atom is -0.0162 e. The van der Waals surface area contributed by atoms with E-state index >= 15 is 0 Å². The molecule has 0 saturated carbocycles. The van der Waals surface area contributed by atoms with E-state index in [4.69, 9.17) is 0 Å². The van der Waals surface area contributed by atoms with Crippen LogP contribution in [0.2, 0.25) is 0 Å². The van der Waals surface area contributed by atoms with E-state index in [1.807, 2.05) is 6.08 Å². The van der Waals surface area contributed by atoms with Crippen molar-refractivity contribution in [3.05, 3.63) is 48.6 Å². The van der Waals surface area contributed by atoms with E-state index in [0.29, 0.717) is 0 Å². The SMILES string of the molecule is C=CCCCC(CCCC)c1ccccc1. The van der Waals surface area contributed by atoms with Gasteiger partial charge < -0.3 is 0 Å². The van der Waals surface area contributed by atoms with Crippen LogP contribution in [-0.4, -0.2) is 0 Å². The molecule has 0 fully saturated rings. The number of hydrogen-bond acceptors (Lipinski definition) is 0. The molecule has 1 aromatic rings. The Morgan fingerprint density at radius 1 is 1.12 bits per heavy atom. The van der Waals surface area contributed by atoms with Gasteiger partial charge in [0, 0.05) is 0 Å². The van der Waals surface area contributed by atoms with Gasteiger partial charge in [-0.05, 0) is 37.2 Å². The lowest BCUT2D eigenvalue weighted by Gasteiger charge is -2.16. The molecule has 16 heavy (non-hydrogen) atoms. The Morgan fingerprint density at radius 2 is 1.81 bits per heavy atom. The zero-order valence-electron chi connectivity index (χ0n) is 10.5. The van der Waals surface area contributed by atoms with Gasteiger partial charge in [0.1, 0.15) is 0 Å². The summed E-state index contributed by atoms with van der Waals surface area (Å²) < 4.78 is 0. The molecule has 0 aliphatic carbocycles. The van der Waals surface area contributed by atoms with E-state index in [0.717, 1.165) is 12.3 Å². The van der Waals surface area contributed by atoms with Crippen LogP contribution >= 0.6 is 0 Å². The summed E-state index contributed by atoms with van der Waals surface area (Å²) in [4.78, 5) is 0. The van der Waals surface area contributed by atoms with Gasteiger partial charge in [-0.25, -0.2) is 0 Å². The standard InChI is InChI=1S/C16H24/c1-3-5-8-12-15(11-6-4-2)16-13-9-7-10-14-16/h3,7,9-10,13-15H,1,4-6,8,11-12H2,2H3. The predicted octanol–water partition coefficient (Wildman–Crippen LogP) is 5.32. The van der Waals surface area contributed by atoms with Gasteiger partial charge in [0.05, 0.1) is 0 Å². The van der Waals surface area contributed by atoms with Gasteiger partial charge in [0.25, 0.3) is 0 Å². The second kappa shape index (κ2) is 8.15. The summed E-state index contributed by atoms with van der Waals surface area (Å²) in [5.74, 6) is 0.751. The first-order chi connectivity index (χ1) is 7.88. The maximum absolute atomic E-state index is 3.79. The normalized spacial score (nSPS) is 12.3. The topological polar surface area (TPSA) is 0 Å². The van der Waals surface area contributed by atoms with Crippen LogP contribution in [0.15, 0.2) is 43.0 Å². The van der Waals surface area contributed by atoms with Crippen molar-refractivity contribution in [3.63, 3.8) is 0 Å². The number of benzene rings is 1. The fourth-order valence-electron chi connectivity index (χ4n) is 2.16. The van der Waals surface area contributed by atoms with Crippen molar-refractivity contribution in [2.45, 2.75) is 51.4 Å². The average molecular weight is 216 g/mol. The van der Waals surface area contributed by atoms with Crippen molar-refractivity contribution in [2.24, 2.45) is 0 Å². The highest BCUT2D eigenvalue weighted by Crippen LogP contribution is 2.27. The molecule has 0 N–H and O–H groups in total. The van der Waals surface area contributed by atoms with Crippen molar-refractivity contribution in [1.29, 1.82) is 0 Å². The van der Waals surface area contributed by atoms with Gasteiger partial charge >= 0.3 is 0 Å². The zero-order valence-corrected chi connectivity index (χ0v) is 10.5. The van der Waals surface area contributed by atoms with Gasteiger partial charge in [-0.1, -0.05) is 56.2 Å². The van der Waals surface area contributed by atoms with Gasteiger partial charge in [0.15, 0.2) is 0 Å². The molecule has 0 spiro atoms. The van der Waals surface area contributed by atoms with Crippen LogP contribution in [0, 0.1) is 0 Å². The van der Waals surface area contributed by atoms with Crippen molar-refractivity contribution < 1.29 is 0 Å². The predicted molar refractivity (Wildman–Crippen MR) is 72.8 cm³/mol. The minimum atomic E-state index is 0.751. The Labute approximate surface area is 100 Å². The Morgan fingerprint density at radius 3 is 2.44 bits per heavy atom. The van der Waals surface area contributed by atoms with Crippen LogP contribution < -0.4 is 0 Å². The van der Waals surface area contributed by atoms with E-state index in [1.165, 1.54) is 37.7 Å². The molecule has 1 atom stereocenters. The second-order valence-corrected chi connectivity index (χ2v) is 4.47. The van der Waals surface area contributed by atoms with Crippen LogP contribution in [0.25, 0.3) is 0 Å². The van der Waals surface area contributed by atoms with Crippen molar-refractivity contribution >= 4 is 0 Å². The van der Waals surface area contributed by atoms with E-state index in [2.05, 4.69) is 43.8 Å². The van der Waals surface area contributed by atoms with Gasteiger partial charge in [0.2, 0.25) is 0 Å². The number of rotatable bonds is 8. The number of hydrogen-bond donors (Lipinski definition) is 0. The molecular weight excluding hydrogens is 192 g/mol. The third kappa shape index (κ3) is 4.65. The minimum Gasteiger partial charge on any atom is -0.103 e. The van der Waals surface area contributed by atoms with Gasteiger partial charge in [-0.3, -0.25) is 0 Å². The zero-order chi connectivity index (χ0) is 11.6. The van der Waals surface area contributed by atoms with Crippen molar-refractivity contribution in [1.82, 2.24) is 0 Å². The van der Waals surface area contributed by atoms with Crippen molar-refractivity contribution in [2.75, 3.05) is 0 Å². The summed E-state index contributed by atoms with van der Waals surface area (Å²) in [6.45, 7) is 6.06. The molecule has 0 saturated heterocycles. The fraction of sp³-hybridized carbons (Fsp3) is 0.500. The average Bonchev–Trinajstić information content (AvgIpc) is 2.35. The summed E-state index contributed by atoms with van der Waals surface area (Å²) in [6, 6.07) is 11.0. The molecule has 0 aliphatic rings. The monoisotopic (exact) mass is 216 g/mol. The summed E-state index contributed by atoms with van der Waals surface area (Å²) in [5.41, 5.74) is 1.51. The maximum atomic E-state index is 3.79. The largest absolute Gasteiger partial charge is 0.103 e. The number of allylic oxidation sites excluding steroid dienone is 1. The van der Waals surface area contributed by atoms with Crippen molar-refractivity contribution in [3.8, 4) is 0 Å². The van der Waals surface area contributed by atoms with Crippen LogP contribution in [0.3, 0.4) is 0 Å². The molecule has 0 aliphatic heterocycles. The third-order valence-electron chi connectivity index (χ3n) is 3.14. The molecule has 0 radical (unpaired) electrons. The molecular formula is C16H24. The summed E-state index contributed by atoms with van der Waals surface area (Å²) in [5, 5.41) is 0. The first kappa shape index (κ1) is 13.0. The Hall–Kier alpha value is -1.04. The Balaban J connectivity index is 2.52. The molecule has 0 aromatic heterocycles. The highest BCUT2D eigenvalue weighted by molar-refractivity contribution is 5.19. The molecule has 88 valence electrons. The van der Waals surface area contributed by atoms with Crippen LogP contribution in [0.5, 0.6) is 0 Å². The van der Waals surface area contributed by atoms with E-state index in [1.54, 1.807) is 0 Å². The Bertz CT molecular complexity index is 273. The van der Waals surface area contributed by atoms with Gasteiger partial charge in [-0.2, -0.15) is 0 Å². The lowest BCUT2D eigenvalue weighted by molar-refractivity contribution is 0.531. The van der Waals surface area contributed by atoms with E-state index in [9.17, 15) is 0 Å². The Kier molecular flexibility index (Phi) is 6.64. The second-order valence-electron chi connectivity index (χ2n) is 4.47. The molecule has 0 bridgehead atoms. The van der Waals surface area contributed by atoms with Crippen LogP contribution in [0.1, 0.15) is 56.9 Å². The first-order valence-corrected chi connectivity index (χ1v) is 6.54. The minimum absolute atomic E-state index is 0.751. The molecule has 1 unspecified atom stereocenters. The molecule has 1 rings (SSSR count). The van der Waals surface area contributed by atoms with Gasteiger partial charge in [-0.15, -0.1) is 6.58 Å². The summed E-state index contributed by atoms with van der Waals surface area (Å²) in [7, 11) is 0. The van der Waals surface area contributed by atoms with Crippen LogP contribution in [-0.2, 0) is 0 Å². The lowest BCUT2D eigenvalue weighted by Crippen LogP contribution is -1.98. The van der Waals surface area contributed by atoms with E-state index in [-0.39, 0.29) is 0 Å². The number of unbranched alkanes of at least 4 members (excludes halogenated alkanes) is 2.